The quantitative estimate of drug-likeness (QED) is 0.411. The van der Waals surface area contributed by atoms with Gasteiger partial charge < -0.3 is 20.1 Å². The minimum atomic E-state index is -0.00981. The van der Waals surface area contributed by atoms with Crippen molar-refractivity contribution in [3.8, 4) is 22.6 Å². The highest BCUT2D eigenvalue weighted by Gasteiger charge is 2.23. The number of benzene rings is 2. The minimum absolute atomic E-state index is 0.00981. The van der Waals surface area contributed by atoms with E-state index in [1.54, 1.807) is 14.2 Å². The van der Waals surface area contributed by atoms with Crippen LogP contribution >= 0.6 is 0 Å². The van der Waals surface area contributed by atoms with Crippen molar-refractivity contribution in [2.45, 2.75) is 84.2 Å². The largest absolute Gasteiger partial charge is 0.496 e. The van der Waals surface area contributed by atoms with Crippen molar-refractivity contribution >= 4 is 17.7 Å². The van der Waals surface area contributed by atoms with Gasteiger partial charge in [-0.05, 0) is 70.2 Å². The zero-order chi connectivity index (χ0) is 24.9. The van der Waals surface area contributed by atoms with Gasteiger partial charge in [0.25, 0.3) is 0 Å². The maximum atomic E-state index is 12.8. The van der Waals surface area contributed by atoms with Crippen molar-refractivity contribution in [3.63, 3.8) is 0 Å². The molecule has 2 fully saturated rings. The Morgan fingerprint density at radius 2 is 1.43 bits per heavy atom. The Morgan fingerprint density at radius 1 is 0.857 bits per heavy atom. The van der Waals surface area contributed by atoms with Gasteiger partial charge in [-0.15, -0.1) is 0 Å². The molecule has 5 heteroatoms. The second kappa shape index (κ2) is 11.2. The van der Waals surface area contributed by atoms with Gasteiger partial charge in [0.1, 0.15) is 11.5 Å². The van der Waals surface area contributed by atoms with Crippen molar-refractivity contribution in [3.05, 3.63) is 46.5 Å². The summed E-state index contributed by atoms with van der Waals surface area (Å²) in [6.07, 6.45) is 11.6. The molecule has 1 amide bonds. The number of anilines is 1. The highest BCUT2D eigenvalue weighted by molar-refractivity contribution is 5.98. The normalized spacial score (nSPS) is 17.0. The van der Waals surface area contributed by atoms with Crippen LogP contribution in [0.5, 0.6) is 11.5 Å². The fourth-order valence-corrected chi connectivity index (χ4v) is 5.70. The number of hydrogen-bond donors (Lipinski definition) is 2. The Bertz CT molecular complexity index is 1080. The van der Waals surface area contributed by atoms with Crippen molar-refractivity contribution in [1.29, 1.82) is 0 Å². The third-order valence-corrected chi connectivity index (χ3v) is 7.65. The molecule has 188 valence electrons. The average molecular weight is 477 g/mol. The van der Waals surface area contributed by atoms with Gasteiger partial charge in [-0.1, -0.05) is 37.8 Å². The molecule has 0 spiro atoms. The first-order valence-electron chi connectivity index (χ1n) is 13.0. The van der Waals surface area contributed by atoms with Crippen LogP contribution in [0.15, 0.2) is 29.8 Å². The number of nitrogens with one attached hydrogen (secondary N) is 2. The molecule has 2 N–H and O–H groups in total. The van der Waals surface area contributed by atoms with Crippen molar-refractivity contribution in [2.24, 2.45) is 0 Å². The summed E-state index contributed by atoms with van der Waals surface area (Å²) in [5.41, 5.74) is 6.81. The van der Waals surface area contributed by atoms with Crippen LogP contribution in [0.3, 0.4) is 0 Å². The molecule has 0 aromatic heterocycles. The van der Waals surface area contributed by atoms with Crippen LogP contribution in [0.4, 0.5) is 5.69 Å². The molecule has 0 saturated heterocycles. The van der Waals surface area contributed by atoms with E-state index in [-0.39, 0.29) is 5.91 Å². The lowest BCUT2D eigenvalue weighted by Crippen LogP contribution is -2.33. The van der Waals surface area contributed by atoms with E-state index in [1.807, 2.05) is 19.9 Å². The Hall–Kier alpha value is -2.95. The molecule has 0 heterocycles. The minimum Gasteiger partial charge on any atom is -0.496 e. The summed E-state index contributed by atoms with van der Waals surface area (Å²) >= 11 is 0. The number of methoxy groups -OCH3 is 2. The third kappa shape index (κ3) is 5.50. The smallest absolute Gasteiger partial charge is 0.247 e. The summed E-state index contributed by atoms with van der Waals surface area (Å²) in [6, 6.07) is 9.48. The lowest BCUT2D eigenvalue weighted by Gasteiger charge is -2.22. The summed E-state index contributed by atoms with van der Waals surface area (Å²) in [6.45, 7) is 5.97. The lowest BCUT2D eigenvalue weighted by atomic mass is 9.91. The van der Waals surface area contributed by atoms with Gasteiger partial charge in [0.05, 0.1) is 14.2 Å². The standard InChI is InChI=1S/C30H40N2O3/c1-19(30(33)32-24-12-8-9-13-24)18-26-20(2)29(35-5)27(21(3)28(26)34-4)22-14-16-25(17-15-22)31-23-10-6-7-11-23/h14-18,23-24,31H,6-13H2,1-5H3,(H,32,33). The van der Waals surface area contributed by atoms with E-state index >= 15 is 0 Å². The number of carbonyl (C=O) groups is 1. The third-order valence-electron chi connectivity index (χ3n) is 7.65. The molecule has 0 aliphatic heterocycles. The molecule has 2 aromatic rings. The first-order valence-corrected chi connectivity index (χ1v) is 13.0. The molecule has 0 unspecified atom stereocenters. The summed E-state index contributed by atoms with van der Waals surface area (Å²) in [7, 11) is 3.40. The SMILES string of the molecule is COc1c(C)c(-c2ccc(NC3CCCC3)cc2)c(OC)c(C)c1C=C(C)C(=O)NC1CCCC1. The van der Waals surface area contributed by atoms with Gasteiger partial charge >= 0.3 is 0 Å². The fourth-order valence-electron chi connectivity index (χ4n) is 5.70. The topological polar surface area (TPSA) is 59.6 Å². The van der Waals surface area contributed by atoms with Gasteiger partial charge in [-0.25, -0.2) is 0 Å². The van der Waals surface area contributed by atoms with Gasteiger partial charge in [0.15, 0.2) is 0 Å². The summed E-state index contributed by atoms with van der Waals surface area (Å²) in [5.74, 6) is 1.58. The Morgan fingerprint density at radius 3 is 2.00 bits per heavy atom. The van der Waals surface area contributed by atoms with E-state index in [2.05, 4.69) is 41.8 Å². The van der Waals surface area contributed by atoms with E-state index in [9.17, 15) is 4.79 Å². The van der Waals surface area contributed by atoms with Crippen molar-refractivity contribution < 1.29 is 14.3 Å². The van der Waals surface area contributed by atoms with Crippen LogP contribution in [-0.2, 0) is 4.79 Å². The van der Waals surface area contributed by atoms with Crippen LogP contribution in [0.25, 0.3) is 17.2 Å². The van der Waals surface area contributed by atoms with Gasteiger partial charge in [0.2, 0.25) is 5.91 Å². The summed E-state index contributed by atoms with van der Waals surface area (Å²) in [5, 5.41) is 6.84. The molecule has 2 saturated carbocycles. The maximum Gasteiger partial charge on any atom is 0.247 e. The van der Waals surface area contributed by atoms with E-state index < -0.39 is 0 Å². The molecular weight excluding hydrogens is 436 g/mol. The number of amides is 1. The van der Waals surface area contributed by atoms with Crippen LogP contribution in [0.1, 0.15) is 75.0 Å². The molecule has 35 heavy (non-hydrogen) atoms. The molecule has 5 nitrogen and oxygen atoms in total. The van der Waals surface area contributed by atoms with Crippen LogP contribution in [0, 0.1) is 13.8 Å². The second-order valence-corrected chi connectivity index (χ2v) is 10.1. The molecular formula is C30H40N2O3. The van der Waals surface area contributed by atoms with Crippen molar-refractivity contribution in [2.75, 3.05) is 19.5 Å². The molecule has 0 radical (unpaired) electrons. The Kier molecular flexibility index (Phi) is 8.04. The summed E-state index contributed by atoms with van der Waals surface area (Å²) in [4.78, 5) is 12.8. The van der Waals surface area contributed by atoms with Crippen LogP contribution < -0.4 is 20.1 Å². The first-order chi connectivity index (χ1) is 16.9. The zero-order valence-electron chi connectivity index (χ0n) is 21.9. The van der Waals surface area contributed by atoms with E-state index in [4.69, 9.17) is 9.47 Å². The van der Waals surface area contributed by atoms with Crippen LogP contribution in [0.2, 0.25) is 0 Å². The molecule has 0 bridgehead atoms. The van der Waals surface area contributed by atoms with Crippen LogP contribution in [-0.4, -0.2) is 32.2 Å². The first kappa shape index (κ1) is 25.2. The second-order valence-electron chi connectivity index (χ2n) is 10.1. The van der Waals surface area contributed by atoms with Gasteiger partial charge in [-0.3, -0.25) is 4.79 Å². The maximum absolute atomic E-state index is 12.8. The van der Waals surface area contributed by atoms with Gasteiger partial charge in [-0.2, -0.15) is 0 Å². The molecule has 4 rings (SSSR count). The van der Waals surface area contributed by atoms with E-state index in [0.29, 0.717) is 17.7 Å². The highest BCUT2D eigenvalue weighted by Crippen LogP contribution is 2.45. The monoisotopic (exact) mass is 476 g/mol. The number of hydrogen-bond acceptors (Lipinski definition) is 4. The molecule has 2 aliphatic rings. The Balaban J connectivity index is 1.67. The predicted molar refractivity (Wildman–Crippen MR) is 144 cm³/mol. The predicted octanol–water partition coefficient (Wildman–Crippen LogP) is 6.80. The fraction of sp³-hybridized carbons (Fsp3) is 0.500. The zero-order valence-corrected chi connectivity index (χ0v) is 21.9. The molecule has 2 aromatic carbocycles. The summed E-state index contributed by atoms with van der Waals surface area (Å²) < 4.78 is 11.8. The average Bonchev–Trinajstić information content (AvgIpc) is 3.56. The van der Waals surface area contributed by atoms with Gasteiger partial charge in [0, 0.05) is 45.6 Å². The van der Waals surface area contributed by atoms with E-state index in [1.165, 1.54) is 38.5 Å². The van der Waals surface area contributed by atoms with Crippen molar-refractivity contribution in [1.82, 2.24) is 5.32 Å². The Labute approximate surface area is 210 Å². The number of rotatable bonds is 8. The lowest BCUT2D eigenvalue weighted by molar-refractivity contribution is -0.118. The number of ether oxygens (including phenoxy) is 2. The molecule has 0 atom stereocenters. The highest BCUT2D eigenvalue weighted by atomic mass is 16.5. The molecule has 2 aliphatic carbocycles. The number of carbonyl (C=O) groups excluding carboxylic acids is 1. The van der Waals surface area contributed by atoms with E-state index in [0.717, 1.165) is 57.8 Å².